The highest BCUT2D eigenvalue weighted by Crippen LogP contribution is 2.12. The van der Waals surface area contributed by atoms with Gasteiger partial charge in [-0.25, -0.2) is 0 Å². The van der Waals surface area contributed by atoms with Crippen LogP contribution in [0.15, 0.2) is 12.3 Å². The molecule has 1 fully saturated rings. The molecule has 1 aliphatic heterocycles. The molecule has 0 aromatic carbocycles. The lowest BCUT2D eigenvalue weighted by Crippen LogP contribution is -2.24. The topological polar surface area (TPSA) is 20.3 Å². The number of carbonyl (C=O) groups excluding carboxylic acids is 1. The molecule has 0 amide bonds. The van der Waals surface area contributed by atoms with E-state index in [0.717, 1.165) is 25.9 Å². The Labute approximate surface area is 93.3 Å². The van der Waals surface area contributed by atoms with Crippen LogP contribution in [0.4, 0.5) is 0 Å². The molecule has 0 bridgehead atoms. The predicted molar refractivity (Wildman–Crippen MR) is 63.6 cm³/mol. The quantitative estimate of drug-likeness (QED) is 0.649. The van der Waals surface area contributed by atoms with Crippen molar-refractivity contribution in [2.24, 2.45) is 5.92 Å². The van der Waals surface area contributed by atoms with Crippen molar-refractivity contribution in [3.05, 3.63) is 12.3 Å². The summed E-state index contributed by atoms with van der Waals surface area (Å²) in [6.45, 7) is 6.40. The zero-order valence-electron chi connectivity index (χ0n) is 10.0. The maximum atomic E-state index is 11.7. The maximum absolute atomic E-state index is 11.7. The number of ketones is 1. The summed E-state index contributed by atoms with van der Waals surface area (Å²) in [5.74, 6) is 0.525. The van der Waals surface area contributed by atoms with Gasteiger partial charge in [0.2, 0.25) is 0 Å². The second kappa shape index (κ2) is 6.65. The normalized spacial score (nSPS) is 17.7. The summed E-state index contributed by atoms with van der Waals surface area (Å²) >= 11 is 0. The molecule has 0 aliphatic carbocycles. The zero-order chi connectivity index (χ0) is 11.1. The Morgan fingerprint density at radius 2 is 1.80 bits per heavy atom. The molecule has 0 saturated carbocycles. The molecule has 0 unspecified atom stereocenters. The first kappa shape index (κ1) is 12.3. The number of rotatable bonds is 5. The van der Waals surface area contributed by atoms with E-state index < -0.39 is 0 Å². The monoisotopic (exact) mass is 209 g/mol. The van der Waals surface area contributed by atoms with Crippen LogP contribution in [-0.2, 0) is 4.79 Å². The van der Waals surface area contributed by atoms with Crippen LogP contribution >= 0.6 is 0 Å². The standard InChI is InChI=1S/C13H23NO/c1-3-12(4-2)13(15)8-11-14-9-6-5-7-10-14/h8,11-12H,3-7,9-10H2,1-2H3. The molecule has 1 aliphatic rings. The van der Waals surface area contributed by atoms with Crippen molar-refractivity contribution < 1.29 is 4.79 Å². The highest BCUT2D eigenvalue weighted by Gasteiger charge is 2.11. The Hall–Kier alpha value is -0.790. The van der Waals surface area contributed by atoms with Crippen LogP contribution in [0.5, 0.6) is 0 Å². The first-order chi connectivity index (χ1) is 7.27. The molecular formula is C13H23NO. The predicted octanol–water partition coefficient (Wildman–Crippen LogP) is 2.99. The van der Waals surface area contributed by atoms with E-state index in [1.54, 1.807) is 6.08 Å². The third-order valence-electron chi connectivity index (χ3n) is 3.23. The largest absolute Gasteiger partial charge is 0.377 e. The summed E-state index contributed by atoms with van der Waals surface area (Å²) in [5.41, 5.74) is 0. The van der Waals surface area contributed by atoms with Gasteiger partial charge in [0, 0.05) is 25.2 Å². The number of allylic oxidation sites excluding steroid dienone is 1. The molecule has 2 heteroatoms. The Balaban J connectivity index is 2.37. The van der Waals surface area contributed by atoms with Crippen molar-refractivity contribution in [2.75, 3.05) is 13.1 Å². The van der Waals surface area contributed by atoms with E-state index in [1.165, 1.54) is 19.3 Å². The van der Waals surface area contributed by atoms with E-state index in [2.05, 4.69) is 18.7 Å². The molecule has 15 heavy (non-hydrogen) atoms. The van der Waals surface area contributed by atoms with E-state index >= 15 is 0 Å². The van der Waals surface area contributed by atoms with Crippen LogP contribution in [0, 0.1) is 5.92 Å². The fraction of sp³-hybridized carbons (Fsp3) is 0.769. The van der Waals surface area contributed by atoms with E-state index in [4.69, 9.17) is 0 Å². The lowest BCUT2D eigenvalue weighted by molar-refractivity contribution is -0.118. The second-order valence-electron chi connectivity index (χ2n) is 4.33. The van der Waals surface area contributed by atoms with Crippen molar-refractivity contribution in [3.8, 4) is 0 Å². The van der Waals surface area contributed by atoms with Crippen LogP contribution in [0.1, 0.15) is 46.0 Å². The third kappa shape index (κ3) is 4.06. The molecule has 0 atom stereocenters. The Morgan fingerprint density at radius 3 is 2.33 bits per heavy atom. The van der Waals surface area contributed by atoms with Crippen LogP contribution in [-0.4, -0.2) is 23.8 Å². The van der Waals surface area contributed by atoms with Crippen LogP contribution in [0.3, 0.4) is 0 Å². The molecule has 0 N–H and O–H groups in total. The van der Waals surface area contributed by atoms with Crippen LogP contribution < -0.4 is 0 Å². The van der Waals surface area contributed by atoms with Crippen molar-refractivity contribution >= 4 is 5.78 Å². The first-order valence-corrected chi connectivity index (χ1v) is 6.24. The molecule has 1 heterocycles. The molecule has 0 spiro atoms. The molecule has 0 aromatic rings. The average molecular weight is 209 g/mol. The molecule has 2 nitrogen and oxygen atoms in total. The SMILES string of the molecule is CCC(CC)C(=O)C=CN1CCCCC1. The van der Waals surface area contributed by atoms with Gasteiger partial charge in [0.1, 0.15) is 0 Å². The number of hydrogen-bond donors (Lipinski definition) is 0. The zero-order valence-corrected chi connectivity index (χ0v) is 10.0. The number of piperidine rings is 1. The van der Waals surface area contributed by atoms with Gasteiger partial charge in [-0.15, -0.1) is 0 Å². The van der Waals surface area contributed by atoms with Crippen LogP contribution in [0.2, 0.25) is 0 Å². The van der Waals surface area contributed by atoms with Gasteiger partial charge in [-0.05, 0) is 38.2 Å². The van der Waals surface area contributed by atoms with E-state index in [1.807, 2.05) is 6.20 Å². The lowest BCUT2D eigenvalue weighted by Gasteiger charge is -2.24. The van der Waals surface area contributed by atoms with Crippen molar-refractivity contribution in [2.45, 2.75) is 46.0 Å². The minimum Gasteiger partial charge on any atom is -0.377 e. The summed E-state index contributed by atoms with van der Waals surface area (Å²) in [5, 5.41) is 0. The molecular weight excluding hydrogens is 186 g/mol. The summed E-state index contributed by atoms with van der Waals surface area (Å²) in [7, 11) is 0. The summed E-state index contributed by atoms with van der Waals surface area (Å²) in [6, 6.07) is 0. The molecule has 1 rings (SSSR count). The van der Waals surface area contributed by atoms with Gasteiger partial charge in [-0.2, -0.15) is 0 Å². The summed E-state index contributed by atoms with van der Waals surface area (Å²) < 4.78 is 0. The van der Waals surface area contributed by atoms with Gasteiger partial charge in [0.05, 0.1) is 0 Å². The Morgan fingerprint density at radius 1 is 1.20 bits per heavy atom. The number of carbonyl (C=O) groups is 1. The fourth-order valence-electron chi connectivity index (χ4n) is 2.07. The average Bonchev–Trinajstić information content (AvgIpc) is 2.29. The second-order valence-corrected chi connectivity index (χ2v) is 4.33. The number of hydrogen-bond acceptors (Lipinski definition) is 2. The molecule has 1 saturated heterocycles. The number of likely N-dealkylation sites (tertiary alicyclic amines) is 1. The summed E-state index contributed by atoms with van der Waals surface area (Å²) in [4.78, 5) is 14.0. The summed E-state index contributed by atoms with van der Waals surface area (Å²) in [6.07, 6.45) is 9.57. The van der Waals surface area contributed by atoms with Gasteiger partial charge in [-0.1, -0.05) is 13.8 Å². The number of nitrogens with zero attached hydrogens (tertiary/aromatic N) is 1. The first-order valence-electron chi connectivity index (χ1n) is 6.24. The van der Waals surface area contributed by atoms with Gasteiger partial charge in [-0.3, -0.25) is 4.79 Å². The minimum absolute atomic E-state index is 0.228. The van der Waals surface area contributed by atoms with Crippen molar-refractivity contribution in [1.82, 2.24) is 4.90 Å². The minimum atomic E-state index is 0.228. The Kier molecular flexibility index (Phi) is 5.44. The van der Waals surface area contributed by atoms with Gasteiger partial charge in [0.15, 0.2) is 5.78 Å². The van der Waals surface area contributed by atoms with E-state index in [9.17, 15) is 4.79 Å². The molecule has 86 valence electrons. The Bertz CT molecular complexity index is 213. The molecule has 0 radical (unpaired) electrons. The third-order valence-corrected chi connectivity index (χ3v) is 3.23. The van der Waals surface area contributed by atoms with Gasteiger partial charge >= 0.3 is 0 Å². The van der Waals surface area contributed by atoms with Crippen molar-refractivity contribution in [3.63, 3.8) is 0 Å². The maximum Gasteiger partial charge on any atom is 0.160 e. The van der Waals surface area contributed by atoms with Crippen molar-refractivity contribution in [1.29, 1.82) is 0 Å². The fourth-order valence-corrected chi connectivity index (χ4v) is 2.07. The highest BCUT2D eigenvalue weighted by atomic mass is 16.1. The van der Waals surface area contributed by atoms with Gasteiger partial charge in [0.25, 0.3) is 0 Å². The van der Waals surface area contributed by atoms with Crippen LogP contribution in [0.25, 0.3) is 0 Å². The lowest BCUT2D eigenvalue weighted by atomic mass is 9.98. The van der Waals surface area contributed by atoms with E-state index in [0.29, 0.717) is 5.78 Å². The highest BCUT2D eigenvalue weighted by molar-refractivity contribution is 5.91. The van der Waals surface area contributed by atoms with Gasteiger partial charge < -0.3 is 4.90 Å². The van der Waals surface area contributed by atoms with E-state index in [-0.39, 0.29) is 5.92 Å². The smallest absolute Gasteiger partial charge is 0.160 e. The molecule has 0 aromatic heterocycles.